The Bertz CT molecular complexity index is 509. The summed E-state index contributed by atoms with van der Waals surface area (Å²) in [4.78, 5) is 11.9. The van der Waals surface area contributed by atoms with Crippen molar-refractivity contribution in [2.45, 2.75) is 57.2 Å². The largest absolute Gasteiger partial charge is 0.418 e. The molecule has 2 rings (SSSR count). The predicted octanol–water partition coefficient (Wildman–Crippen LogP) is 4.35. The van der Waals surface area contributed by atoms with E-state index in [1.165, 1.54) is 25.0 Å². The molecule has 0 aliphatic heterocycles. The molecule has 0 saturated heterocycles. The summed E-state index contributed by atoms with van der Waals surface area (Å²) in [5, 5.41) is 5.71. The average Bonchev–Trinajstić information content (AvgIpc) is 2.75. The molecule has 1 saturated carbocycles. The summed E-state index contributed by atoms with van der Waals surface area (Å²) in [6, 6.07) is 5.53. The van der Waals surface area contributed by atoms with Crippen molar-refractivity contribution in [3.63, 3.8) is 0 Å². The Morgan fingerprint density at radius 3 is 2.39 bits per heavy atom. The maximum atomic E-state index is 12.9. The fourth-order valence-electron chi connectivity index (χ4n) is 2.92. The van der Waals surface area contributed by atoms with Gasteiger partial charge in [-0.25, -0.2) is 0 Å². The van der Waals surface area contributed by atoms with Gasteiger partial charge in [-0.2, -0.15) is 13.2 Å². The van der Waals surface area contributed by atoms with Crippen LogP contribution >= 0.6 is 0 Å². The Hall–Kier alpha value is -1.72. The minimum Gasteiger partial charge on any atom is -0.384 e. The number of halogens is 3. The van der Waals surface area contributed by atoms with Crippen LogP contribution < -0.4 is 10.6 Å². The van der Waals surface area contributed by atoms with Gasteiger partial charge < -0.3 is 10.6 Å². The molecule has 2 N–H and O–H groups in total. The van der Waals surface area contributed by atoms with Crippen LogP contribution in [0.15, 0.2) is 24.3 Å². The fourth-order valence-corrected chi connectivity index (χ4v) is 2.92. The Morgan fingerprint density at radius 1 is 1.09 bits per heavy atom. The standard InChI is InChI=1S/C17H23F3N2O/c18-17(19,20)14-9-5-6-10-15(14)21-12-11-16(23)22-13-7-3-1-2-4-8-13/h5-6,9-10,13,21H,1-4,7-8,11-12H2,(H,22,23). The van der Waals surface area contributed by atoms with Crippen molar-refractivity contribution < 1.29 is 18.0 Å². The zero-order chi connectivity index (χ0) is 16.7. The summed E-state index contributed by atoms with van der Waals surface area (Å²) < 4.78 is 38.6. The van der Waals surface area contributed by atoms with Gasteiger partial charge in [0.25, 0.3) is 0 Å². The van der Waals surface area contributed by atoms with Crippen molar-refractivity contribution in [2.24, 2.45) is 0 Å². The van der Waals surface area contributed by atoms with E-state index in [-0.39, 0.29) is 30.6 Å². The van der Waals surface area contributed by atoms with Crippen molar-refractivity contribution in [1.82, 2.24) is 5.32 Å². The van der Waals surface area contributed by atoms with Gasteiger partial charge in [-0.1, -0.05) is 37.8 Å². The van der Waals surface area contributed by atoms with E-state index in [1.807, 2.05) is 0 Å². The Balaban J connectivity index is 1.79. The number of amides is 1. The van der Waals surface area contributed by atoms with Crippen LogP contribution in [0, 0.1) is 0 Å². The van der Waals surface area contributed by atoms with Crippen molar-refractivity contribution >= 4 is 11.6 Å². The van der Waals surface area contributed by atoms with Gasteiger partial charge in [0.1, 0.15) is 0 Å². The van der Waals surface area contributed by atoms with Gasteiger partial charge in [-0.05, 0) is 25.0 Å². The van der Waals surface area contributed by atoms with Crippen LogP contribution in [0.2, 0.25) is 0 Å². The highest BCUT2D eigenvalue weighted by Crippen LogP contribution is 2.34. The highest BCUT2D eigenvalue weighted by atomic mass is 19.4. The minimum absolute atomic E-state index is 0.0160. The van der Waals surface area contributed by atoms with Crippen LogP contribution in [0.3, 0.4) is 0 Å². The van der Waals surface area contributed by atoms with Gasteiger partial charge >= 0.3 is 6.18 Å². The van der Waals surface area contributed by atoms with E-state index < -0.39 is 11.7 Å². The maximum absolute atomic E-state index is 12.9. The minimum atomic E-state index is -4.40. The molecule has 0 unspecified atom stereocenters. The molecule has 0 radical (unpaired) electrons. The number of carbonyl (C=O) groups excluding carboxylic acids is 1. The Kier molecular flexibility index (Phi) is 6.30. The third-order valence-corrected chi connectivity index (χ3v) is 4.12. The lowest BCUT2D eigenvalue weighted by Gasteiger charge is -2.17. The van der Waals surface area contributed by atoms with Crippen molar-refractivity contribution in [3.05, 3.63) is 29.8 Å². The molecule has 1 aliphatic carbocycles. The van der Waals surface area contributed by atoms with Gasteiger partial charge in [-0.3, -0.25) is 4.79 Å². The predicted molar refractivity (Wildman–Crippen MR) is 84.2 cm³/mol. The maximum Gasteiger partial charge on any atom is 0.418 e. The van der Waals surface area contributed by atoms with Crippen LogP contribution in [0.5, 0.6) is 0 Å². The van der Waals surface area contributed by atoms with Crippen LogP contribution in [-0.4, -0.2) is 18.5 Å². The van der Waals surface area contributed by atoms with Crippen LogP contribution in [0.1, 0.15) is 50.5 Å². The van der Waals surface area contributed by atoms with E-state index in [9.17, 15) is 18.0 Å². The molecule has 0 atom stereocenters. The molecule has 6 heteroatoms. The van der Waals surface area contributed by atoms with E-state index in [0.29, 0.717) is 0 Å². The molecular weight excluding hydrogens is 305 g/mol. The molecule has 1 fully saturated rings. The molecule has 0 spiro atoms. The summed E-state index contributed by atoms with van der Waals surface area (Å²) in [6.45, 7) is 0.186. The third-order valence-electron chi connectivity index (χ3n) is 4.12. The summed E-state index contributed by atoms with van der Waals surface area (Å²) in [7, 11) is 0. The number of alkyl halides is 3. The molecular formula is C17H23F3N2O. The quantitative estimate of drug-likeness (QED) is 0.789. The van der Waals surface area contributed by atoms with Crippen molar-refractivity contribution in [3.8, 4) is 0 Å². The second kappa shape index (κ2) is 8.22. The highest BCUT2D eigenvalue weighted by molar-refractivity contribution is 5.76. The summed E-state index contributed by atoms with van der Waals surface area (Å²) in [5.41, 5.74) is -0.688. The molecule has 128 valence electrons. The number of anilines is 1. The first-order valence-electron chi connectivity index (χ1n) is 8.16. The SMILES string of the molecule is O=C(CCNc1ccccc1C(F)(F)F)NC1CCCCCC1. The Labute approximate surface area is 134 Å². The van der Waals surface area contributed by atoms with Crippen LogP contribution in [0.4, 0.5) is 18.9 Å². The number of nitrogens with one attached hydrogen (secondary N) is 2. The van der Waals surface area contributed by atoms with Crippen LogP contribution in [-0.2, 0) is 11.0 Å². The average molecular weight is 328 g/mol. The smallest absolute Gasteiger partial charge is 0.384 e. The summed E-state index contributed by atoms with van der Waals surface area (Å²) >= 11 is 0. The number of para-hydroxylation sites is 1. The summed E-state index contributed by atoms with van der Waals surface area (Å²) in [6.07, 6.45) is 2.44. The first kappa shape index (κ1) is 17.6. The number of carbonyl (C=O) groups is 1. The number of benzene rings is 1. The lowest BCUT2D eigenvalue weighted by molar-refractivity contribution is -0.137. The number of hydrogen-bond acceptors (Lipinski definition) is 2. The van der Waals surface area contributed by atoms with E-state index >= 15 is 0 Å². The Morgan fingerprint density at radius 2 is 1.74 bits per heavy atom. The topological polar surface area (TPSA) is 41.1 Å². The molecule has 0 heterocycles. The molecule has 23 heavy (non-hydrogen) atoms. The lowest BCUT2D eigenvalue weighted by Crippen LogP contribution is -2.35. The normalized spacial score (nSPS) is 16.7. The lowest BCUT2D eigenvalue weighted by atomic mass is 10.1. The molecule has 0 aromatic heterocycles. The first-order valence-corrected chi connectivity index (χ1v) is 8.16. The highest BCUT2D eigenvalue weighted by Gasteiger charge is 2.33. The van der Waals surface area contributed by atoms with Crippen molar-refractivity contribution in [1.29, 1.82) is 0 Å². The van der Waals surface area contributed by atoms with E-state index in [4.69, 9.17) is 0 Å². The second-order valence-corrected chi connectivity index (χ2v) is 5.98. The molecule has 1 aromatic carbocycles. The van der Waals surface area contributed by atoms with Gasteiger partial charge in [0.2, 0.25) is 5.91 Å². The van der Waals surface area contributed by atoms with E-state index in [2.05, 4.69) is 10.6 Å². The fraction of sp³-hybridized carbons (Fsp3) is 0.588. The number of rotatable bonds is 5. The van der Waals surface area contributed by atoms with E-state index in [0.717, 1.165) is 31.7 Å². The number of hydrogen-bond donors (Lipinski definition) is 2. The van der Waals surface area contributed by atoms with Gasteiger partial charge in [0.05, 0.1) is 5.56 Å². The van der Waals surface area contributed by atoms with E-state index in [1.54, 1.807) is 6.07 Å². The van der Waals surface area contributed by atoms with Gasteiger partial charge in [0, 0.05) is 24.7 Å². The monoisotopic (exact) mass is 328 g/mol. The third kappa shape index (κ3) is 5.77. The zero-order valence-corrected chi connectivity index (χ0v) is 13.1. The van der Waals surface area contributed by atoms with Gasteiger partial charge in [0.15, 0.2) is 0 Å². The molecule has 1 aliphatic rings. The van der Waals surface area contributed by atoms with Crippen molar-refractivity contribution in [2.75, 3.05) is 11.9 Å². The molecule has 1 amide bonds. The zero-order valence-electron chi connectivity index (χ0n) is 13.1. The molecule has 3 nitrogen and oxygen atoms in total. The van der Waals surface area contributed by atoms with Gasteiger partial charge in [-0.15, -0.1) is 0 Å². The van der Waals surface area contributed by atoms with Crippen LogP contribution in [0.25, 0.3) is 0 Å². The second-order valence-electron chi connectivity index (χ2n) is 5.98. The molecule has 1 aromatic rings. The first-order chi connectivity index (χ1) is 11.0. The summed E-state index contributed by atoms with van der Waals surface area (Å²) in [5.74, 6) is -0.103. The molecule has 0 bridgehead atoms.